The first-order chi connectivity index (χ1) is 7.22. The highest BCUT2D eigenvalue weighted by Crippen LogP contribution is 2.03. The smallest absolute Gasteiger partial charge is 0.304 e. The maximum absolute atomic E-state index is 11.9. The average molecular weight is 218 g/mol. The third-order valence-electron chi connectivity index (χ3n) is 2.71. The van der Waals surface area contributed by atoms with Crippen molar-refractivity contribution in [2.24, 2.45) is 0 Å². The fourth-order valence-corrected chi connectivity index (χ4v) is 1.77. The molecule has 0 spiro atoms. The SMILES string of the molecule is O=C(O)CCN1CCN(CCCF)CC1. The Morgan fingerprint density at radius 1 is 1.13 bits per heavy atom. The summed E-state index contributed by atoms with van der Waals surface area (Å²) in [5, 5.41) is 8.53. The first-order valence-corrected chi connectivity index (χ1v) is 5.45. The van der Waals surface area contributed by atoms with Crippen LogP contribution in [-0.2, 0) is 4.79 Å². The molecule has 0 amide bonds. The van der Waals surface area contributed by atoms with Crippen LogP contribution in [0.25, 0.3) is 0 Å². The zero-order chi connectivity index (χ0) is 11.1. The molecule has 0 unspecified atom stereocenters. The molecule has 4 nitrogen and oxygen atoms in total. The minimum Gasteiger partial charge on any atom is -0.481 e. The maximum atomic E-state index is 11.9. The van der Waals surface area contributed by atoms with E-state index in [9.17, 15) is 9.18 Å². The van der Waals surface area contributed by atoms with Crippen LogP contribution >= 0.6 is 0 Å². The summed E-state index contributed by atoms with van der Waals surface area (Å²) in [6, 6.07) is 0. The summed E-state index contributed by atoms with van der Waals surface area (Å²) in [7, 11) is 0. The van der Waals surface area contributed by atoms with Gasteiger partial charge in [-0.25, -0.2) is 0 Å². The first kappa shape index (κ1) is 12.4. The van der Waals surface area contributed by atoms with Gasteiger partial charge in [0.1, 0.15) is 0 Å². The van der Waals surface area contributed by atoms with Crippen molar-refractivity contribution in [2.45, 2.75) is 12.8 Å². The standard InChI is InChI=1S/C10H19FN2O2/c11-3-1-4-12-6-8-13(9-7-12)5-2-10(14)15/h1-9H2,(H,14,15). The molecular formula is C10H19FN2O2. The molecule has 0 aliphatic carbocycles. The Morgan fingerprint density at radius 3 is 2.13 bits per heavy atom. The van der Waals surface area contributed by atoms with Crippen LogP contribution in [0, 0.1) is 0 Å². The molecule has 5 heteroatoms. The number of carboxylic acid groups (broad SMARTS) is 1. The number of nitrogens with zero attached hydrogens (tertiary/aromatic N) is 2. The minimum absolute atomic E-state index is 0.213. The Bertz CT molecular complexity index is 194. The van der Waals surface area contributed by atoms with Crippen LogP contribution in [0.1, 0.15) is 12.8 Å². The molecule has 88 valence electrons. The van der Waals surface area contributed by atoms with Crippen molar-refractivity contribution in [3.8, 4) is 0 Å². The summed E-state index contributed by atoms with van der Waals surface area (Å²) in [6.07, 6.45) is 0.819. The fraction of sp³-hybridized carbons (Fsp3) is 0.900. The van der Waals surface area contributed by atoms with E-state index in [4.69, 9.17) is 5.11 Å². The molecule has 15 heavy (non-hydrogen) atoms. The Labute approximate surface area is 89.7 Å². The van der Waals surface area contributed by atoms with Crippen molar-refractivity contribution in [3.63, 3.8) is 0 Å². The molecule has 1 rings (SSSR count). The van der Waals surface area contributed by atoms with Crippen LogP contribution in [0.5, 0.6) is 0 Å². The van der Waals surface area contributed by atoms with Gasteiger partial charge >= 0.3 is 5.97 Å². The lowest BCUT2D eigenvalue weighted by Gasteiger charge is -2.34. The van der Waals surface area contributed by atoms with Gasteiger partial charge in [0, 0.05) is 39.3 Å². The zero-order valence-electron chi connectivity index (χ0n) is 8.99. The molecule has 0 atom stereocenters. The number of piperazine rings is 1. The van der Waals surface area contributed by atoms with E-state index < -0.39 is 5.97 Å². The normalized spacial score (nSPS) is 19.3. The molecule has 1 fully saturated rings. The number of alkyl halides is 1. The Hall–Kier alpha value is -0.680. The van der Waals surface area contributed by atoms with Gasteiger partial charge in [0.2, 0.25) is 0 Å². The van der Waals surface area contributed by atoms with Gasteiger partial charge in [-0.3, -0.25) is 9.18 Å². The molecule has 1 aliphatic heterocycles. The summed E-state index contributed by atoms with van der Waals surface area (Å²) in [6.45, 7) is 4.87. The Morgan fingerprint density at radius 2 is 1.67 bits per heavy atom. The molecule has 0 aromatic rings. The van der Waals surface area contributed by atoms with E-state index in [1.165, 1.54) is 0 Å². The third-order valence-corrected chi connectivity index (χ3v) is 2.71. The summed E-state index contributed by atoms with van der Waals surface area (Å²) in [5.74, 6) is -0.741. The molecule has 0 bridgehead atoms. The largest absolute Gasteiger partial charge is 0.481 e. The second-order valence-electron chi connectivity index (χ2n) is 3.87. The fourth-order valence-electron chi connectivity index (χ4n) is 1.77. The molecular weight excluding hydrogens is 199 g/mol. The number of carboxylic acids is 1. The number of carbonyl (C=O) groups is 1. The predicted molar refractivity (Wildman–Crippen MR) is 55.7 cm³/mol. The molecule has 0 aromatic carbocycles. The predicted octanol–water partition coefficient (Wildman–Crippen LogP) is 0.438. The van der Waals surface area contributed by atoms with Gasteiger partial charge < -0.3 is 14.9 Å². The topological polar surface area (TPSA) is 43.8 Å². The van der Waals surface area contributed by atoms with Gasteiger partial charge in [0.25, 0.3) is 0 Å². The van der Waals surface area contributed by atoms with Crippen LogP contribution in [0.2, 0.25) is 0 Å². The van der Waals surface area contributed by atoms with E-state index >= 15 is 0 Å². The van der Waals surface area contributed by atoms with Crippen molar-refractivity contribution in [1.82, 2.24) is 9.80 Å². The molecule has 0 saturated carbocycles. The monoisotopic (exact) mass is 218 g/mol. The molecule has 0 aromatic heterocycles. The van der Waals surface area contributed by atoms with E-state index in [1.54, 1.807) is 0 Å². The van der Waals surface area contributed by atoms with Gasteiger partial charge in [-0.2, -0.15) is 0 Å². The van der Waals surface area contributed by atoms with Crippen LogP contribution in [0.15, 0.2) is 0 Å². The van der Waals surface area contributed by atoms with E-state index in [-0.39, 0.29) is 13.1 Å². The van der Waals surface area contributed by atoms with E-state index in [0.29, 0.717) is 13.0 Å². The zero-order valence-corrected chi connectivity index (χ0v) is 8.99. The van der Waals surface area contributed by atoms with Gasteiger partial charge in [0.05, 0.1) is 13.1 Å². The summed E-state index contributed by atoms with van der Waals surface area (Å²) >= 11 is 0. The highest BCUT2D eigenvalue weighted by molar-refractivity contribution is 5.66. The summed E-state index contributed by atoms with van der Waals surface area (Å²) in [5.41, 5.74) is 0. The van der Waals surface area contributed by atoms with E-state index in [0.717, 1.165) is 32.7 Å². The number of hydrogen-bond acceptors (Lipinski definition) is 3. The average Bonchev–Trinajstić information content (AvgIpc) is 2.25. The second kappa shape index (κ2) is 6.74. The lowest BCUT2D eigenvalue weighted by atomic mass is 10.2. The maximum Gasteiger partial charge on any atom is 0.304 e. The second-order valence-corrected chi connectivity index (χ2v) is 3.87. The Kier molecular flexibility index (Phi) is 5.57. The molecule has 1 aliphatic rings. The Balaban J connectivity index is 2.09. The molecule has 1 saturated heterocycles. The van der Waals surface area contributed by atoms with Crippen molar-refractivity contribution in [2.75, 3.05) is 45.9 Å². The molecule has 0 radical (unpaired) electrons. The van der Waals surface area contributed by atoms with Gasteiger partial charge in [-0.05, 0) is 6.42 Å². The van der Waals surface area contributed by atoms with Crippen molar-refractivity contribution < 1.29 is 14.3 Å². The van der Waals surface area contributed by atoms with Crippen molar-refractivity contribution >= 4 is 5.97 Å². The first-order valence-electron chi connectivity index (χ1n) is 5.45. The van der Waals surface area contributed by atoms with Crippen LogP contribution in [0.4, 0.5) is 4.39 Å². The lowest BCUT2D eigenvalue weighted by Crippen LogP contribution is -2.47. The number of rotatable bonds is 6. The summed E-state index contributed by atoms with van der Waals surface area (Å²) in [4.78, 5) is 14.8. The number of hydrogen-bond donors (Lipinski definition) is 1. The van der Waals surface area contributed by atoms with Gasteiger partial charge in [-0.15, -0.1) is 0 Å². The quantitative estimate of drug-likeness (QED) is 0.702. The van der Waals surface area contributed by atoms with E-state index in [2.05, 4.69) is 9.80 Å². The highest BCUT2D eigenvalue weighted by atomic mass is 19.1. The van der Waals surface area contributed by atoms with Gasteiger partial charge in [0.15, 0.2) is 0 Å². The van der Waals surface area contributed by atoms with Crippen molar-refractivity contribution in [1.29, 1.82) is 0 Å². The molecule has 1 heterocycles. The van der Waals surface area contributed by atoms with E-state index in [1.807, 2.05) is 0 Å². The highest BCUT2D eigenvalue weighted by Gasteiger charge is 2.16. The lowest BCUT2D eigenvalue weighted by molar-refractivity contribution is -0.137. The van der Waals surface area contributed by atoms with Crippen LogP contribution in [0.3, 0.4) is 0 Å². The number of halogens is 1. The minimum atomic E-state index is -0.741. The molecule has 1 N–H and O–H groups in total. The third kappa shape index (κ3) is 5.09. The van der Waals surface area contributed by atoms with Crippen LogP contribution in [-0.4, -0.2) is 66.8 Å². The summed E-state index contributed by atoms with van der Waals surface area (Å²) < 4.78 is 11.9. The van der Waals surface area contributed by atoms with Crippen LogP contribution < -0.4 is 0 Å². The van der Waals surface area contributed by atoms with Gasteiger partial charge in [-0.1, -0.05) is 0 Å². The number of aliphatic carboxylic acids is 1. The van der Waals surface area contributed by atoms with Crippen molar-refractivity contribution in [3.05, 3.63) is 0 Å².